The molecule has 4 rings (SSSR count). The van der Waals surface area contributed by atoms with Crippen LogP contribution in [0.3, 0.4) is 0 Å². The van der Waals surface area contributed by atoms with Crippen molar-refractivity contribution in [3.05, 3.63) is 60.2 Å². The zero-order valence-electron chi connectivity index (χ0n) is 16.6. The fourth-order valence-electron chi connectivity index (χ4n) is 4.73. The first-order chi connectivity index (χ1) is 14.1. The van der Waals surface area contributed by atoms with Gasteiger partial charge in [0.25, 0.3) is 5.91 Å². The van der Waals surface area contributed by atoms with E-state index in [0.29, 0.717) is 18.6 Å². The second-order valence-electron chi connectivity index (χ2n) is 8.33. The van der Waals surface area contributed by atoms with Crippen LogP contribution in [0, 0.1) is 5.41 Å². The van der Waals surface area contributed by atoms with Crippen LogP contribution < -0.4 is 20.9 Å². The van der Waals surface area contributed by atoms with Gasteiger partial charge < -0.3 is 15.4 Å². The molecule has 1 aliphatic heterocycles. The first-order valence-corrected chi connectivity index (χ1v) is 10.4. The Morgan fingerprint density at radius 1 is 1.00 bits per heavy atom. The standard InChI is InChI=1S/C23H29N3O3/c27-21(26-28)23(11-10-22(17-23)12-14-24-15-13-22)29-20-8-6-19(7-9-20)25-16-18-4-2-1-3-5-18/h1-9,24-25,28H,10-17H2,(H,26,27). The highest BCUT2D eigenvalue weighted by atomic mass is 16.5. The van der Waals surface area contributed by atoms with Crippen LogP contribution in [0.5, 0.6) is 5.75 Å². The molecule has 1 unspecified atom stereocenters. The van der Waals surface area contributed by atoms with E-state index in [4.69, 9.17) is 4.74 Å². The van der Waals surface area contributed by atoms with Crippen LogP contribution in [0.2, 0.25) is 0 Å². The average molecular weight is 396 g/mol. The molecule has 0 bridgehead atoms. The van der Waals surface area contributed by atoms with Crippen molar-refractivity contribution in [3.8, 4) is 5.75 Å². The Morgan fingerprint density at radius 3 is 2.41 bits per heavy atom. The number of hydrogen-bond donors (Lipinski definition) is 4. The van der Waals surface area contributed by atoms with Gasteiger partial charge in [-0.3, -0.25) is 10.0 Å². The normalized spacial score (nSPS) is 22.9. The summed E-state index contributed by atoms with van der Waals surface area (Å²) in [7, 11) is 0. The molecular formula is C23H29N3O3. The summed E-state index contributed by atoms with van der Waals surface area (Å²) in [5.41, 5.74) is 3.16. The molecule has 1 saturated carbocycles. The predicted molar refractivity (Wildman–Crippen MR) is 112 cm³/mol. The Kier molecular flexibility index (Phi) is 5.74. The van der Waals surface area contributed by atoms with Crippen molar-refractivity contribution in [2.45, 2.75) is 44.2 Å². The first kappa shape index (κ1) is 19.7. The Bertz CT molecular complexity index is 819. The molecule has 29 heavy (non-hydrogen) atoms. The lowest BCUT2D eigenvalue weighted by Crippen LogP contribution is -2.50. The predicted octanol–water partition coefficient (Wildman–Crippen LogP) is 3.48. The van der Waals surface area contributed by atoms with E-state index in [1.807, 2.05) is 47.9 Å². The van der Waals surface area contributed by atoms with Crippen molar-refractivity contribution in [2.75, 3.05) is 18.4 Å². The molecule has 1 spiro atoms. The topological polar surface area (TPSA) is 82.6 Å². The third-order valence-electron chi connectivity index (χ3n) is 6.41. The van der Waals surface area contributed by atoms with Crippen LogP contribution in [0.25, 0.3) is 0 Å². The summed E-state index contributed by atoms with van der Waals surface area (Å²) in [6.07, 6.45) is 4.28. The van der Waals surface area contributed by atoms with Crippen molar-refractivity contribution >= 4 is 11.6 Å². The molecule has 2 fully saturated rings. The maximum Gasteiger partial charge on any atom is 0.287 e. The molecule has 6 heteroatoms. The zero-order chi connectivity index (χ0) is 20.2. The first-order valence-electron chi connectivity index (χ1n) is 10.4. The molecule has 2 aromatic carbocycles. The summed E-state index contributed by atoms with van der Waals surface area (Å²) >= 11 is 0. The lowest BCUT2D eigenvalue weighted by molar-refractivity contribution is -0.146. The van der Waals surface area contributed by atoms with Crippen LogP contribution in [-0.4, -0.2) is 29.8 Å². The maximum atomic E-state index is 12.6. The monoisotopic (exact) mass is 395 g/mol. The van der Waals surface area contributed by atoms with E-state index in [-0.39, 0.29) is 5.41 Å². The fourth-order valence-corrected chi connectivity index (χ4v) is 4.73. The Morgan fingerprint density at radius 2 is 1.72 bits per heavy atom. The van der Waals surface area contributed by atoms with Crippen LogP contribution in [0.4, 0.5) is 5.69 Å². The minimum Gasteiger partial charge on any atom is -0.477 e. The number of anilines is 1. The van der Waals surface area contributed by atoms with Crippen molar-refractivity contribution in [3.63, 3.8) is 0 Å². The number of ether oxygens (including phenoxy) is 1. The number of carbonyl (C=O) groups excluding carboxylic acids is 1. The summed E-state index contributed by atoms with van der Waals surface area (Å²) < 4.78 is 6.24. The lowest BCUT2D eigenvalue weighted by atomic mass is 9.76. The van der Waals surface area contributed by atoms with Gasteiger partial charge in [-0.2, -0.15) is 0 Å². The fraction of sp³-hybridized carbons (Fsp3) is 0.435. The second-order valence-corrected chi connectivity index (χ2v) is 8.33. The second kappa shape index (κ2) is 8.43. The smallest absolute Gasteiger partial charge is 0.287 e. The van der Waals surface area contributed by atoms with Crippen LogP contribution in [0.15, 0.2) is 54.6 Å². The van der Waals surface area contributed by atoms with E-state index < -0.39 is 11.5 Å². The summed E-state index contributed by atoms with van der Waals surface area (Å²) in [6.45, 7) is 2.69. The highest BCUT2D eigenvalue weighted by molar-refractivity contribution is 5.85. The lowest BCUT2D eigenvalue weighted by Gasteiger charge is -2.36. The minimum atomic E-state index is -1.01. The molecule has 2 aliphatic rings. The van der Waals surface area contributed by atoms with E-state index in [1.54, 1.807) is 0 Å². The van der Waals surface area contributed by atoms with Crippen LogP contribution in [-0.2, 0) is 11.3 Å². The molecule has 4 N–H and O–H groups in total. The van der Waals surface area contributed by atoms with E-state index in [0.717, 1.165) is 44.6 Å². The Labute approximate surface area is 171 Å². The molecular weight excluding hydrogens is 366 g/mol. The number of hydrogen-bond acceptors (Lipinski definition) is 5. The third-order valence-corrected chi connectivity index (χ3v) is 6.41. The van der Waals surface area contributed by atoms with Gasteiger partial charge in [-0.25, -0.2) is 5.48 Å². The van der Waals surface area contributed by atoms with Gasteiger partial charge in [0.2, 0.25) is 0 Å². The average Bonchev–Trinajstić information content (AvgIpc) is 3.12. The van der Waals surface area contributed by atoms with Crippen molar-refractivity contribution in [2.24, 2.45) is 5.41 Å². The molecule has 6 nitrogen and oxygen atoms in total. The molecule has 1 atom stereocenters. The van der Waals surface area contributed by atoms with E-state index in [9.17, 15) is 10.0 Å². The highest BCUT2D eigenvalue weighted by Gasteiger charge is 2.54. The quantitative estimate of drug-likeness (QED) is 0.445. The molecule has 0 radical (unpaired) electrons. The largest absolute Gasteiger partial charge is 0.477 e. The van der Waals surface area contributed by atoms with Crippen LogP contribution in [0.1, 0.15) is 37.7 Å². The van der Waals surface area contributed by atoms with E-state index in [1.165, 1.54) is 5.56 Å². The van der Waals surface area contributed by atoms with Gasteiger partial charge in [-0.05, 0) is 74.0 Å². The summed E-state index contributed by atoms with van der Waals surface area (Å²) in [4.78, 5) is 12.6. The summed E-state index contributed by atoms with van der Waals surface area (Å²) in [5.74, 6) is 0.198. The zero-order valence-corrected chi connectivity index (χ0v) is 16.6. The molecule has 1 saturated heterocycles. The Balaban J connectivity index is 1.43. The summed E-state index contributed by atoms with van der Waals surface area (Å²) in [5, 5.41) is 16.1. The van der Waals surface area contributed by atoms with E-state index in [2.05, 4.69) is 22.8 Å². The number of nitrogens with one attached hydrogen (secondary N) is 3. The highest BCUT2D eigenvalue weighted by Crippen LogP contribution is 2.51. The summed E-state index contributed by atoms with van der Waals surface area (Å²) in [6, 6.07) is 17.9. The molecule has 1 amide bonds. The number of amides is 1. The molecule has 0 aromatic heterocycles. The van der Waals surface area contributed by atoms with Crippen molar-refractivity contribution < 1.29 is 14.7 Å². The van der Waals surface area contributed by atoms with Crippen LogP contribution >= 0.6 is 0 Å². The van der Waals surface area contributed by atoms with Gasteiger partial charge >= 0.3 is 0 Å². The van der Waals surface area contributed by atoms with Gasteiger partial charge in [0, 0.05) is 18.7 Å². The number of benzene rings is 2. The van der Waals surface area contributed by atoms with Crippen molar-refractivity contribution in [1.29, 1.82) is 0 Å². The molecule has 1 aliphatic carbocycles. The van der Waals surface area contributed by atoms with E-state index >= 15 is 0 Å². The minimum absolute atomic E-state index is 0.120. The van der Waals surface area contributed by atoms with Crippen molar-refractivity contribution in [1.82, 2.24) is 10.8 Å². The molecule has 154 valence electrons. The molecule has 2 aromatic rings. The van der Waals surface area contributed by atoms with Gasteiger partial charge in [0.1, 0.15) is 5.75 Å². The number of carbonyl (C=O) groups is 1. The number of rotatable bonds is 6. The van der Waals surface area contributed by atoms with Gasteiger partial charge in [-0.15, -0.1) is 0 Å². The number of piperidine rings is 1. The number of hydroxylamine groups is 1. The third kappa shape index (κ3) is 4.38. The van der Waals surface area contributed by atoms with Gasteiger partial charge in [-0.1, -0.05) is 30.3 Å². The molecule has 1 heterocycles. The SMILES string of the molecule is O=C(NO)C1(Oc2ccc(NCc3ccccc3)cc2)CCC2(CCNCC2)C1. The Hall–Kier alpha value is -2.57. The van der Waals surface area contributed by atoms with Gasteiger partial charge in [0.05, 0.1) is 0 Å². The van der Waals surface area contributed by atoms with Gasteiger partial charge in [0.15, 0.2) is 5.60 Å². The maximum absolute atomic E-state index is 12.6.